The van der Waals surface area contributed by atoms with E-state index in [1.807, 2.05) is 6.20 Å². The predicted octanol–water partition coefficient (Wildman–Crippen LogP) is 2.03. The Morgan fingerprint density at radius 2 is 2.23 bits per heavy atom. The van der Waals surface area contributed by atoms with Crippen molar-refractivity contribution in [3.05, 3.63) is 23.9 Å². The van der Waals surface area contributed by atoms with Gasteiger partial charge in [-0.1, -0.05) is 19.4 Å². The van der Waals surface area contributed by atoms with Crippen LogP contribution >= 0.6 is 0 Å². The summed E-state index contributed by atoms with van der Waals surface area (Å²) >= 11 is 0. The van der Waals surface area contributed by atoms with Crippen LogP contribution in [0.25, 0.3) is 0 Å². The largest absolute Gasteiger partial charge is 0.357 e. The molecule has 0 spiro atoms. The van der Waals surface area contributed by atoms with Crippen molar-refractivity contribution in [1.82, 2.24) is 15.2 Å². The van der Waals surface area contributed by atoms with Crippen molar-refractivity contribution in [2.24, 2.45) is 0 Å². The standard InChI is InChI=1S/C17H28N4O/c1-5-6-15-17(22)18-9-10-21(15)12-14-7-8-16(19-11-14)20(4)13(2)3/h7-8,11,13,15H,5-6,9-10,12H2,1-4H3,(H,18,22)/t15-/m0/s1. The van der Waals surface area contributed by atoms with E-state index in [-0.39, 0.29) is 11.9 Å². The Bertz CT molecular complexity index is 486. The van der Waals surface area contributed by atoms with Gasteiger partial charge in [-0.3, -0.25) is 9.69 Å². The Labute approximate surface area is 133 Å². The second-order valence-corrected chi connectivity index (χ2v) is 6.30. The molecule has 1 aliphatic rings. The summed E-state index contributed by atoms with van der Waals surface area (Å²) in [6.45, 7) is 8.86. The summed E-state index contributed by atoms with van der Waals surface area (Å²) in [5, 5.41) is 2.97. The highest BCUT2D eigenvalue weighted by atomic mass is 16.2. The Hall–Kier alpha value is -1.62. The number of amides is 1. The minimum Gasteiger partial charge on any atom is -0.357 e. The Balaban J connectivity index is 2.04. The summed E-state index contributed by atoms with van der Waals surface area (Å²) in [5.74, 6) is 1.15. The summed E-state index contributed by atoms with van der Waals surface area (Å²) in [6.07, 6.45) is 3.86. The Morgan fingerprint density at radius 3 is 2.82 bits per heavy atom. The summed E-state index contributed by atoms with van der Waals surface area (Å²) < 4.78 is 0. The van der Waals surface area contributed by atoms with E-state index in [1.54, 1.807) is 0 Å². The number of carbonyl (C=O) groups is 1. The maximum absolute atomic E-state index is 12.0. The topological polar surface area (TPSA) is 48.5 Å². The SMILES string of the molecule is CCC[C@H]1C(=O)NCCN1Cc1ccc(N(C)C(C)C)nc1. The lowest BCUT2D eigenvalue weighted by Gasteiger charge is -2.35. The minimum atomic E-state index is -0.00300. The number of rotatable bonds is 6. The number of aromatic nitrogens is 1. The van der Waals surface area contributed by atoms with Gasteiger partial charge in [0.15, 0.2) is 0 Å². The third-order valence-corrected chi connectivity index (χ3v) is 4.33. The van der Waals surface area contributed by atoms with Crippen LogP contribution in [0.5, 0.6) is 0 Å². The summed E-state index contributed by atoms with van der Waals surface area (Å²) in [5.41, 5.74) is 1.16. The van der Waals surface area contributed by atoms with E-state index in [0.29, 0.717) is 6.04 Å². The summed E-state index contributed by atoms with van der Waals surface area (Å²) in [4.78, 5) is 21.0. The van der Waals surface area contributed by atoms with Crippen molar-refractivity contribution in [2.75, 3.05) is 25.0 Å². The van der Waals surface area contributed by atoms with Gasteiger partial charge >= 0.3 is 0 Å². The lowest BCUT2D eigenvalue weighted by Crippen LogP contribution is -2.54. The van der Waals surface area contributed by atoms with Gasteiger partial charge in [0.25, 0.3) is 0 Å². The maximum Gasteiger partial charge on any atom is 0.237 e. The molecule has 2 heterocycles. The van der Waals surface area contributed by atoms with Gasteiger partial charge in [-0.05, 0) is 31.9 Å². The first kappa shape index (κ1) is 16.7. The fraction of sp³-hybridized carbons (Fsp3) is 0.647. The number of anilines is 1. The molecule has 0 aliphatic carbocycles. The highest BCUT2D eigenvalue weighted by Crippen LogP contribution is 2.17. The Morgan fingerprint density at radius 1 is 1.45 bits per heavy atom. The molecule has 1 aromatic heterocycles. The number of carbonyl (C=O) groups excluding carboxylic acids is 1. The number of nitrogens with zero attached hydrogens (tertiary/aromatic N) is 3. The van der Waals surface area contributed by atoms with Crippen LogP contribution in [0.2, 0.25) is 0 Å². The molecule has 1 saturated heterocycles. The molecule has 1 aromatic rings. The minimum absolute atomic E-state index is 0.00300. The maximum atomic E-state index is 12.0. The molecule has 0 unspecified atom stereocenters. The molecule has 5 nitrogen and oxygen atoms in total. The molecule has 1 amide bonds. The predicted molar refractivity (Wildman–Crippen MR) is 89.9 cm³/mol. The average Bonchev–Trinajstić information content (AvgIpc) is 2.51. The first-order chi connectivity index (χ1) is 10.5. The zero-order chi connectivity index (χ0) is 16.1. The van der Waals surface area contributed by atoms with E-state index < -0.39 is 0 Å². The van der Waals surface area contributed by atoms with Gasteiger partial charge in [-0.25, -0.2) is 4.98 Å². The monoisotopic (exact) mass is 304 g/mol. The number of nitrogens with one attached hydrogen (secondary N) is 1. The first-order valence-electron chi connectivity index (χ1n) is 8.22. The normalized spacial score (nSPS) is 19.3. The van der Waals surface area contributed by atoms with Crippen LogP contribution in [0.1, 0.15) is 39.2 Å². The van der Waals surface area contributed by atoms with Crippen LogP contribution in [0.3, 0.4) is 0 Å². The molecule has 0 saturated carbocycles. The van der Waals surface area contributed by atoms with Gasteiger partial charge in [0, 0.05) is 38.9 Å². The van der Waals surface area contributed by atoms with E-state index in [1.165, 1.54) is 0 Å². The quantitative estimate of drug-likeness (QED) is 0.873. The van der Waals surface area contributed by atoms with Crippen molar-refractivity contribution in [3.63, 3.8) is 0 Å². The van der Waals surface area contributed by atoms with Crippen LogP contribution in [-0.4, -0.2) is 48.0 Å². The molecule has 1 aliphatic heterocycles. The molecular weight excluding hydrogens is 276 g/mol. The number of hydrogen-bond acceptors (Lipinski definition) is 4. The van der Waals surface area contributed by atoms with Crippen molar-refractivity contribution in [2.45, 2.75) is 52.2 Å². The molecule has 0 bridgehead atoms. The molecule has 1 fully saturated rings. The smallest absolute Gasteiger partial charge is 0.237 e. The average molecular weight is 304 g/mol. The third kappa shape index (κ3) is 3.97. The zero-order valence-corrected chi connectivity index (χ0v) is 14.2. The molecule has 22 heavy (non-hydrogen) atoms. The van der Waals surface area contributed by atoms with Crippen molar-refractivity contribution < 1.29 is 4.79 Å². The number of pyridine rings is 1. The number of hydrogen-bond donors (Lipinski definition) is 1. The number of piperazine rings is 1. The lowest BCUT2D eigenvalue weighted by molar-refractivity contribution is -0.129. The lowest BCUT2D eigenvalue weighted by atomic mass is 10.1. The second-order valence-electron chi connectivity index (χ2n) is 6.30. The van der Waals surface area contributed by atoms with E-state index in [9.17, 15) is 4.79 Å². The van der Waals surface area contributed by atoms with E-state index >= 15 is 0 Å². The van der Waals surface area contributed by atoms with Crippen LogP contribution in [-0.2, 0) is 11.3 Å². The molecule has 1 atom stereocenters. The molecule has 0 radical (unpaired) electrons. The van der Waals surface area contributed by atoms with Crippen LogP contribution in [0, 0.1) is 0 Å². The highest BCUT2D eigenvalue weighted by Gasteiger charge is 2.28. The van der Waals surface area contributed by atoms with E-state index in [4.69, 9.17) is 0 Å². The fourth-order valence-electron chi connectivity index (χ4n) is 2.76. The van der Waals surface area contributed by atoms with Gasteiger partial charge in [-0.15, -0.1) is 0 Å². The highest BCUT2D eigenvalue weighted by molar-refractivity contribution is 5.82. The molecule has 1 N–H and O–H groups in total. The van der Waals surface area contributed by atoms with Gasteiger partial charge in [0.2, 0.25) is 5.91 Å². The van der Waals surface area contributed by atoms with Gasteiger partial charge < -0.3 is 10.2 Å². The second kappa shape index (κ2) is 7.58. The van der Waals surface area contributed by atoms with Crippen LogP contribution in [0.4, 0.5) is 5.82 Å². The summed E-state index contributed by atoms with van der Waals surface area (Å²) in [7, 11) is 2.05. The van der Waals surface area contributed by atoms with Gasteiger partial charge in [-0.2, -0.15) is 0 Å². The van der Waals surface area contributed by atoms with Crippen molar-refractivity contribution in [1.29, 1.82) is 0 Å². The molecule has 2 rings (SSSR count). The van der Waals surface area contributed by atoms with Gasteiger partial charge in [0.1, 0.15) is 5.82 Å². The molecule has 5 heteroatoms. The molecule has 122 valence electrons. The molecule has 0 aromatic carbocycles. The van der Waals surface area contributed by atoms with E-state index in [0.717, 1.165) is 43.9 Å². The van der Waals surface area contributed by atoms with Gasteiger partial charge in [0.05, 0.1) is 6.04 Å². The zero-order valence-electron chi connectivity index (χ0n) is 14.2. The molecular formula is C17H28N4O. The Kier molecular flexibility index (Phi) is 5.77. The van der Waals surface area contributed by atoms with Crippen molar-refractivity contribution in [3.8, 4) is 0 Å². The van der Waals surface area contributed by atoms with E-state index in [2.05, 4.69) is 60.1 Å². The van der Waals surface area contributed by atoms with Crippen LogP contribution in [0.15, 0.2) is 18.3 Å². The third-order valence-electron chi connectivity index (χ3n) is 4.33. The fourth-order valence-corrected chi connectivity index (χ4v) is 2.76. The summed E-state index contributed by atoms with van der Waals surface area (Å²) in [6, 6.07) is 4.61. The van der Waals surface area contributed by atoms with Crippen LogP contribution < -0.4 is 10.2 Å². The van der Waals surface area contributed by atoms with Crippen molar-refractivity contribution >= 4 is 11.7 Å². The first-order valence-corrected chi connectivity index (χ1v) is 8.22.